The van der Waals surface area contributed by atoms with E-state index in [0.29, 0.717) is 27.7 Å². The Kier molecular flexibility index (Phi) is 7.94. The van der Waals surface area contributed by atoms with Crippen LogP contribution in [-0.2, 0) is 9.53 Å². The molecule has 0 heterocycles. The first-order valence-corrected chi connectivity index (χ1v) is 9.06. The van der Waals surface area contributed by atoms with Crippen molar-refractivity contribution in [3.05, 3.63) is 53.8 Å². The van der Waals surface area contributed by atoms with Crippen molar-refractivity contribution in [3.8, 4) is 11.5 Å². The van der Waals surface area contributed by atoms with Crippen LogP contribution in [0.4, 0.5) is 4.39 Å². The molecule has 0 aliphatic heterocycles. The summed E-state index contributed by atoms with van der Waals surface area (Å²) in [6, 6.07) is 11.1. The summed E-state index contributed by atoms with van der Waals surface area (Å²) in [6.45, 7) is -0.163. The SMILES string of the molecule is COc1cc(OC)cc(C(=O)NCC(=O)OCCSc2ccccc2F)c1. The Morgan fingerprint density at radius 3 is 2.37 bits per heavy atom. The number of hydrogen-bond donors (Lipinski definition) is 1. The number of esters is 1. The molecular formula is C19H20FNO5S. The fourth-order valence-corrected chi connectivity index (χ4v) is 2.88. The van der Waals surface area contributed by atoms with Crippen molar-refractivity contribution in [1.29, 1.82) is 0 Å². The number of thioether (sulfide) groups is 1. The minimum Gasteiger partial charge on any atom is -0.497 e. The molecule has 2 rings (SSSR count). The van der Waals surface area contributed by atoms with Crippen molar-refractivity contribution >= 4 is 23.6 Å². The number of benzene rings is 2. The molecule has 144 valence electrons. The van der Waals surface area contributed by atoms with Crippen LogP contribution in [0, 0.1) is 5.82 Å². The molecule has 2 aromatic carbocycles. The van der Waals surface area contributed by atoms with Gasteiger partial charge in [0.15, 0.2) is 0 Å². The standard InChI is InChI=1S/C19H20FNO5S/c1-24-14-9-13(10-15(11-14)25-2)19(23)21-12-18(22)26-7-8-27-17-6-4-3-5-16(17)20/h3-6,9-11H,7-8,12H2,1-2H3,(H,21,23). The Morgan fingerprint density at radius 2 is 1.74 bits per heavy atom. The van der Waals surface area contributed by atoms with Crippen molar-refractivity contribution < 1.29 is 28.2 Å². The van der Waals surface area contributed by atoms with Gasteiger partial charge in [-0.15, -0.1) is 11.8 Å². The molecule has 0 bridgehead atoms. The Balaban J connectivity index is 1.75. The molecule has 0 radical (unpaired) electrons. The van der Waals surface area contributed by atoms with Crippen LogP contribution in [0.3, 0.4) is 0 Å². The number of rotatable bonds is 9. The molecule has 6 nitrogen and oxygen atoms in total. The van der Waals surface area contributed by atoms with Crippen molar-refractivity contribution in [2.24, 2.45) is 0 Å². The monoisotopic (exact) mass is 393 g/mol. The lowest BCUT2D eigenvalue weighted by Crippen LogP contribution is -2.31. The maximum Gasteiger partial charge on any atom is 0.325 e. The third-order valence-corrected chi connectivity index (χ3v) is 4.46. The molecule has 0 saturated carbocycles. The summed E-state index contributed by atoms with van der Waals surface area (Å²) in [4.78, 5) is 24.4. The first kappa shape index (κ1) is 20.6. The second-order valence-corrected chi connectivity index (χ2v) is 6.42. The highest BCUT2D eigenvalue weighted by Gasteiger charge is 2.12. The number of carbonyl (C=O) groups is 2. The maximum atomic E-state index is 13.5. The minimum atomic E-state index is -0.577. The molecular weight excluding hydrogens is 373 g/mol. The zero-order chi connectivity index (χ0) is 19.6. The molecule has 0 fully saturated rings. The summed E-state index contributed by atoms with van der Waals surface area (Å²) < 4.78 is 28.7. The van der Waals surface area contributed by atoms with Gasteiger partial charge in [-0.05, 0) is 24.3 Å². The van der Waals surface area contributed by atoms with Crippen LogP contribution in [0.15, 0.2) is 47.4 Å². The van der Waals surface area contributed by atoms with Crippen LogP contribution < -0.4 is 14.8 Å². The summed E-state index contributed by atoms with van der Waals surface area (Å²) in [5.41, 5.74) is 0.300. The van der Waals surface area contributed by atoms with E-state index in [2.05, 4.69) is 5.32 Å². The van der Waals surface area contributed by atoms with E-state index in [0.717, 1.165) is 0 Å². The number of carbonyl (C=O) groups excluding carboxylic acids is 2. The van der Waals surface area contributed by atoms with Crippen LogP contribution in [0.2, 0.25) is 0 Å². The highest BCUT2D eigenvalue weighted by atomic mass is 32.2. The minimum absolute atomic E-state index is 0.112. The van der Waals surface area contributed by atoms with E-state index in [9.17, 15) is 14.0 Å². The highest BCUT2D eigenvalue weighted by Crippen LogP contribution is 2.22. The van der Waals surface area contributed by atoms with Gasteiger partial charge in [-0.1, -0.05) is 12.1 Å². The molecule has 1 amide bonds. The Labute approximate surface area is 161 Å². The van der Waals surface area contributed by atoms with Gasteiger partial charge >= 0.3 is 5.97 Å². The first-order valence-electron chi connectivity index (χ1n) is 8.07. The summed E-state index contributed by atoms with van der Waals surface area (Å²) in [6.07, 6.45) is 0. The molecule has 1 N–H and O–H groups in total. The molecule has 0 saturated heterocycles. The van der Waals surface area contributed by atoms with Crippen molar-refractivity contribution in [3.63, 3.8) is 0 Å². The lowest BCUT2D eigenvalue weighted by atomic mass is 10.2. The van der Waals surface area contributed by atoms with Gasteiger partial charge in [0, 0.05) is 22.3 Å². The molecule has 0 aliphatic rings. The quantitative estimate of drug-likeness (QED) is 0.401. The number of ether oxygens (including phenoxy) is 3. The van der Waals surface area contributed by atoms with Crippen molar-refractivity contribution in [1.82, 2.24) is 5.32 Å². The van der Waals surface area contributed by atoms with Crippen molar-refractivity contribution in [2.45, 2.75) is 4.90 Å². The van der Waals surface area contributed by atoms with Gasteiger partial charge in [0.2, 0.25) is 0 Å². The average molecular weight is 393 g/mol. The zero-order valence-corrected chi connectivity index (χ0v) is 15.8. The van der Waals surface area contributed by atoms with Crippen LogP contribution in [0.25, 0.3) is 0 Å². The first-order chi connectivity index (χ1) is 13.0. The maximum absolute atomic E-state index is 13.5. The van der Waals surface area contributed by atoms with Gasteiger partial charge in [0.05, 0.1) is 14.2 Å². The predicted octanol–water partition coefficient (Wildman–Crippen LogP) is 2.91. The number of halogens is 1. The summed E-state index contributed by atoms with van der Waals surface area (Å²) in [7, 11) is 2.96. The Hall–Kier alpha value is -2.74. The van der Waals surface area contributed by atoms with Gasteiger partial charge in [-0.2, -0.15) is 0 Å². The van der Waals surface area contributed by atoms with Gasteiger partial charge in [-0.25, -0.2) is 4.39 Å². The third-order valence-electron chi connectivity index (χ3n) is 3.45. The van der Waals surface area contributed by atoms with Gasteiger partial charge in [-0.3, -0.25) is 9.59 Å². The van der Waals surface area contributed by atoms with E-state index in [1.165, 1.54) is 44.2 Å². The van der Waals surface area contributed by atoms with E-state index in [-0.39, 0.29) is 19.0 Å². The molecule has 0 spiro atoms. The fourth-order valence-electron chi connectivity index (χ4n) is 2.11. The van der Waals surface area contributed by atoms with Gasteiger partial charge < -0.3 is 19.5 Å². The smallest absolute Gasteiger partial charge is 0.325 e. The van der Waals surface area contributed by atoms with Crippen LogP contribution in [-0.4, -0.2) is 45.0 Å². The molecule has 0 aromatic heterocycles. The van der Waals surface area contributed by atoms with E-state index in [1.807, 2.05) is 0 Å². The molecule has 0 unspecified atom stereocenters. The number of nitrogens with one attached hydrogen (secondary N) is 1. The topological polar surface area (TPSA) is 73.9 Å². The molecule has 0 atom stereocenters. The van der Waals surface area contributed by atoms with Gasteiger partial charge in [0.25, 0.3) is 5.91 Å². The van der Waals surface area contributed by atoms with Crippen LogP contribution >= 0.6 is 11.8 Å². The summed E-state index contributed by atoms with van der Waals surface area (Å²) in [5.74, 6) is -0.000206. The fraction of sp³-hybridized carbons (Fsp3) is 0.263. The van der Waals surface area contributed by atoms with Crippen LogP contribution in [0.1, 0.15) is 10.4 Å². The second kappa shape index (κ2) is 10.4. The molecule has 27 heavy (non-hydrogen) atoms. The predicted molar refractivity (Wildman–Crippen MR) is 100.0 cm³/mol. The van der Waals surface area contributed by atoms with E-state index >= 15 is 0 Å². The molecule has 2 aromatic rings. The number of amides is 1. The largest absolute Gasteiger partial charge is 0.497 e. The Morgan fingerprint density at radius 1 is 1.07 bits per heavy atom. The summed E-state index contributed by atoms with van der Waals surface area (Å²) in [5, 5.41) is 2.48. The third kappa shape index (κ3) is 6.49. The number of hydrogen-bond acceptors (Lipinski definition) is 6. The van der Waals surface area contributed by atoms with Gasteiger partial charge in [0.1, 0.15) is 30.5 Å². The van der Waals surface area contributed by atoms with E-state index < -0.39 is 11.9 Å². The summed E-state index contributed by atoms with van der Waals surface area (Å²) >= 11 is 1.25. The Bertz CT molecular complexity index is 777. The zero-order valence-electron chi connectivity index (χ0n) is 15.0. The molecule has 0 aliphatic carbocycles. The number of methoxy groups -OCH3 is 2. The lowest BCUT2D eigenvalue weighted by Gasteiger charge is -2.09. The van der Waals surface area contributed by atoms with Crippen LogP contribution in [0.5, 0.6) is 11.5 Å². The average Bonchev–Trinajstić information content (AvgIpc) is 2.70. The molecule has 8 heteroatoms. The normalized spacial score (nSPS) is 10.2. The second-order valence-electron chi connectivity index (χ2n) is 5.28. The lowest BCUT2D eigenvalue weighted by molar-refractivity contribution is -0.141. The highest BCUT2D eigenvalue weighted by molar-refractivity contribution is 7.99. The van der Waals surface area contributed by atoms with Crippen molar-refractivity contribution in [2.75, 3.05) is 33.1 Å². The van der Waals surface area contributed by atoms with E-state index in [4.69, 9.17) is 14.2 Å². The van der Waals surface area contributed by atoms with E-state index in [1.54, 1.807) is 24.3 Å².